The van der Waals surface area contributed by atoms with Gasteiger partial charge in [-0.25, -0.2) is 9.78 Å². The van der Waals surface area contributed by atoms with Gasteiger partial charge in [0, 0.05) is 24.4 Å². The Kier molecular flexibility index (Phi) is 4.85. The van der Waals surface area contributed by atoms with Gasteiger partial charge in [-0.3, -0.25) is 0 Å². The molecule has 1 aliphatic rings. The molecule has 0 unspecified atom stereocenters. The number of hydrogen-bond acceptors (Lipinski definition) is 4. The van der Waals surface area contributed by atoms with Gasteiger partial charge in [0.05, 0.1) is 16.3 Å². The number of carboxylic acids is 1. The molecule has 1 aliphatic carbocycles. The molecule has 0 saturated carbocycles. The Morgan fingerprint density at radius 2 is 2.18 bits per heavy atom. The maximum absolute atomic E-state index is 10.9. The van der Waals surface area contributed by atoms with Crippen LogP contribution in [0.1, 0.15) is 44.3 Å². The summed E-state index contributed by atoms with van der Waals surface area (Å²) in [6.45, 7) is 1.55. The summed E-state index contributed by atoms with van der Waals surface area (Å²) in [6.07, 6.45) is 5.85. The first-order chi connectivity index (χ1) is 10.7. The van der Waals surface area contributed by atoms with Crippen molar-refractivity contribution >= 4 is 17.3 Å². The lowest BCUT2D eigenvalue weighted by Gasteiger charge is -2.06. The van der Waals surface area contributed by atoms with E-state index in [0.29, 0.717) is 12.1 Å². The normalized spacial score (nSPS) is 13.8. The van der Waals surface area contributed by atoms with Gasteiger partial charge >= 0.3 is 5.97 Å². The van der Waals surface area contributed by atoms with Crippen molar-refractivity contribution in [3.8, 4) is 0 Å². The molecule has 0 aliphatic heterocycles. The number of benzene rings is 1. The minimum absolute atomic E-state index is 0.340. The zero-order valence-corrected chi connectivity index (χ0v) is 13.3. The molecule has 0 fully saturated rings. The quantitative estimate of drug-likeness (QED) is 0.804. The third-order valence-corrected chi connectivity index (χ3v) is 5.13. The van der Waals surface area contributed by atoms with Crippen molar-refractivity contribution in [2.24, 2.45) is 0 Å². The van der Waals surface area contributed by atoms with Gasteiger partial charge in [-0.05, 0) is 43.4 Å². The number of carboxylic acid groups (broad SMARTS) is 1. The highest BCUT2D eigenvalue weighted by atomic mass is 32.1. The number of hydrogen-bond donors (Lipinski definition) is 2. The van der Waals surface area contributed by atoms with Crippen LogP contribution >= 0.6 is 11.3 Å². The Morgan fingerprint density at radius 3 is 3.00 bits per heavy atom. The molecule has 3 rings (SSSR count). The van der Waals surface area contributed by atoms with Crippen molar-refractivity contribution in [1.82, 2.24) is 10.3 Å². The number of aromatic carboxylic acids is 1. The number of fused-ring (bicyclic) bond motifs is 1. The minimum Gasteiger partial charge on any atom is -0.478 e. The molecular formula is C17H20N2O2S. The van der Waals surface area contributed by atoms with Crippen molar-refractivity contribution in [2.75, 3.05) is 6.54 Å². The van der Waals surface area contributed by atoms with E-state index in [1.807, 2.05) is 17.4 Å². The maximum Gasteiger partial charge on any atom is 0.335 e. The van der Waals surface area contributed by atoms with Gasteiger partial charge in [-0.15, -0.1) is 11.3 Å². The van der Waals surface area contributed by atoms with Crippen LogP contribution in [0.5, 0.6) is 0 Å². The SMILES string of the molecule is O=C(O)c1cccc(CNCCc2nc3c(s2)CCCC3)c1. The van der Waals surface area contributed by atoms with Gasteiger partial charge in [0.1, 0.15) is 0 Å². The van der Waals surface area contributed by atoms with E-state index in [9.17, 15) is 4.79 Å². The van der Waals surface area contributed by atoms with E-state index in [1.54, 1.807) is 18.2 Å². The Labute approximate surface area is 134 Å². The molecule has 2 N–H and O–H groups in total. The predicted octanol–water partition coefficient (Wildman–Crippen LogP) is 3.05. The number of aromatic nitrogens is 1. The highest BCUT2D eigenvalue weighted by Crippen LogP contribution is 2.26. The number of aryl methyl sites for hydroxylation is 2. The fourth-order valence-electron chi connectivity index (χ4n) is 2.75. The summed E-state index contributed by atoms with van der Waals surface area (Å²) in [5.41, 5.74) is 2.66. The summed E-state index contributed by atoms with van der Waals surface area (Å²) in [4.78, 5) is 17.2. The second-order valence-corrected chi connectivity index (χ2v) is 6.79. The first-order valence-corrected chi connectivity index (χ1v) is 8.54. The fraction of sp³-hybridized carbons (Fsp3) is 0.412. The smallest absolute Gasteiger partial charge is 0.335 e. The zero-order valence-electron chi connectivity index (χ0n) is 12.5. The van der Waals surface area contributed by atoms with E-state index < -0.39 is 5.97 Å². The molecule has 5 heteroatoms. The lowest BCUT2D eigenvalue weighted by atomic mass is 10.0. The summed E-state index contributed by atoms with van der Waals surface area (Å²) >= 11 is 1.86. The zero-order chi connectivity index (χ0) is 15.4. The number of rotatable bonds is 6. The fourth-order valence-corrected chi connectivity index (χ4v) is 3.91. The molecule has 4 nitrogen and oxygen atoms in total. The van der Waals surface area contributed by atoms with Gasteiger partial charge in [0.2, 0.25) is 0 Å². The minimum atomic E-state index is -0.879. The van der Waals surface area contributed by atoms with Crippen molar-refractivity contribution in [2.45, 2.75) is 38.6 Å². The van der Waals surface area contributed by atoms with Gasteiger partial charge in [0.15, 0.2) is 0 Å². The standard InChI is InChI=1S/C17H20N2O2S/c20-17(21)13-5-3-4-12(10-13)11-18-9-8-16-19-14-6-1-2-7-15(14)22-16/h3-5,10,18H,1-2,6-9,11H2,(H,20,21). The summed E-state index contributed by atoms with van der Waals surface area (Å²) in [6, 6.07) is 7.07. The van der Waals surface area contributed by atoms with Crippen molar-refractivity contribution in [3.63, 3.8) is 0 Å². The number of nitrogens with one attached hydrogen (secondary N) is 1. The summed E-state index contributed by atoms with van der Waals surface area (Å²) in [7, 11) is 0. The van der Waals surface area contributed by atoms with Crippen LogP contribution in [0.2, 0.25) is 0 Å². The maximum atomic E-state index is 10.9. The molecule has 1 heterocycles. The number of thiazole rings is 1. The van der Waals surface area contributed by atoms with E-state index >= 15 is 0 Å². The van der Waals surface area contributed by atoms with Crippen LogP contribution < -0.4 is 5.32 Å². The summed E-state index contributed by atoms with van der Waals surface area (Å²) in [5, 5.41) is 13.6. The second kappa shape index (κ2) is 7.03. The lowest BCUT2D eigenvalue weighted by molar-refractivity contribution is 0.0696. The van der Waals surface area contributed by atoms with Crippen LogP contribution in [0, 0.1) is 0 Å². The highest BCUT2D eigenvalue weighted by molar-refractivity contribution is 7.11. The first kappa shape index (κ1) is 15.2. The van der Waals surface area contributed by atoms with Gasteiger partial charge in [-0.1, -0.05) is 12.1 Å². The topological polar surface area (TPSA) is 62.2 Å². The molecule has 0 bridgehead atoms. The van der Waals surface area contributed by atoms with Crippen LogP contribution in [0.25, 0.3) is 0 Å². The van der Waals surface area contributed by atoms with Crippen LogP contribution in [0.4, 0.5) is 0 Å². The van der Waals surface area contributed by atoms with Crippen molar-refractivity contribution in [1.29, 1.82) is 0 Å². The largest absolute Gasteiger partial charge is 0.478 e. The van der Waals surface area contributed by atoms with Crippen molar-refractivity contribution < 1.29 is 9.90 Å². The van der Waals surface area contributed by atoms with Gasteiger partial charge in [-0.2, -0.15) is 0 Å². The van der Waals surface area contributed by atoms with Crippen LogP contribution in [-0.4, -0.2) is 22.6 Å². The van der Waals surface area contributed by atoms with Gasteiger partial charge in [0.25, 0.3) is 0 Å². The molecule has 0 spiro atoms. The Bertz CT molecular complexity index is 643. The van der Waals surface area contributed by atoms with Crippen LogP contribution in [-0.2, 0) is 25.8 Å². The van der Waals surface area contributed by atoms with E-state index in [1.165, 1.54) is 34.8 Å². The Balaban J connectivity index is 1.48. The van der Waals surface area contributed by atoms with E-state index in [0.717, 1.165) is 24.9 Å². The molecule has 116 valence electrons. The molecule has 0 saturated heterocycles. The monoisotopic (exact) mass is 316 g/mol. The molecule has 0 amide bonds. The molecule has 0 radical (unpaired) electrons. The second-order valence-electron chi connectivity index (χ2n) is 5.62. The van der Waals surface area contributed by atoms with E-state index in [4.69, 9.17) is 10.1 Å². The Hall–Kier alpha value is -1.72. The highest BCUT2D eigenvalue weighted by Gasteiger charge is 2.14. The molecule has 0 atom stereocenters. The van der Waals surface area contributed by atoms with E-state index in [2.05, 4.69) is 5.32 Å². The lowest BCUT2D eigenvalue weighted by Crippen LogP contribution is -2.17. The van der Waals surface area contributed by atoms with E-state index in [-0.39, 0.29) is 0 Å². The molecule has 22 heavy (non-hydrogen) atoms. The molecule has 1 aromatic carbocycles. The third-order valence-electron chi connectivity index (χ3n) is 3.91. The van der Waals surface area contributed by atoms with Gasteiger partial charge < -0.3 is 10.4 Å². The number of carbonyl (C=O) groups is 1. The average molecular weight is 316 g/mol. The first-order valence-electron chi connectivity index (χ1n) is 7.73. The summed E-state index contributed by atoms with van der Waals surface area (Å²) in [5.74, 6) is -0.879. The number of nitrogens with zero attached hydrogens (tertiary/aromatic N) is 1. The summed E-state index contributed by atoms with van der Waals surface area (Å²) < 4.78 is 0. The molecule has 1 aromatic heterocycles. The van der Waals surface area contributed by atoms with Crippen LogP contribution in [0.15, 0.2) is 24.3 Å². The Morgan fingerprint density at radius 1 is 1.32 bits per heavy atom. The molecule has 2 aromatic rings. The predicted molar refractivity (Wildman–Crippen MR) is 87.6 cm³/mol. The molecular weight excluding hydrogens is 296 g/mol. The van der Waals surface area contributed by atoms with Crippen LogP contribution in [0.3, 0.4) is 0 Å². The van der Waals surface area contributed by atoms with Crippen molar-refractivity contribution in [3.05, 3.63) is 51.0 Å². The third kappa shape index (κ3) is 3.72. The average Bonchev–Trinajstić information content (AvgIpc) is 2.94.